The van der Waals surface area contributed by atoms with Crippen LogP contribution in [0.5, 0.6) is 17.2 Å². The van der Waals surface area contributed by atoms with Gasteiger partial charge >= 0.3 is 0 Å². The minimum atomic E-state index is -0.0161. The Kier molecular flexibility index (Phi) is 4.66. The molecule has 0 N–H and O–H groups in total. The van der Waals surface area contributed by atoms with Gasteiger partial charge in [0.05, 0.1) is 13.0 Å². The molecule has 0 aromatic heterocycles. The van der Waals surface area contributed by atoms with Crippen LogP contribution >= 0.6 is 0 Å². The number of nitrogens with zero attached hydrogens (tertiary/aromatic N) is 1. The van der Waals surface area contributed by atoms with E-state index in [1.165, 1.54) is 0 Å². The highest BCUT2D eigenvalue weighted by Crippen LogP contribution is 2.33. The third-order valence-corrected chi connectivity index (χ3v) is 3.62. The summed E-state index contributed by atoms with van der Waals surface area (Å²) in [6.45, 7) is 1.43. The predicted octanol–water partition coefficient (Wildman–Crippen LogP) is 2.89. The third-order valence-electron chi connectivity index (χ3n) is 3.62. The molecule has 0 spiro atoms. The van der Waals surface area contributed by atoms with E-state index in [9.17, 15) is 4.79 Å². The Morgan fingerprint density at radius 3 is 2.61 bits per heavy atom. The minimum absolute atomic E-state index is 0.0161. The van der Waals surface area contributed by atoms with Crippen molar-refractivity contribution in [3.05, 3.63) is 48.5 Å². The first-order chi connectivity index (χ1) is 11.2. The van der Waals surface area contributed by atoms with Crippen molar-refractivity contribution < 1.29 is 19.0 Å². The number of rotatable bonds is 5. The molecule has 0 aliphatic carbocycles. The molecule has 2 aromatic carbocycles. The predicted molar refractivity (Wildman–Crippen MR) is 87.4 cm³/mol. The van der Waals surface area contributed by atoms with Gasteiger partial charge in [-0.1, -0.05) is 18.2 Å². The van der Waals surface area contributed by atoms with E-state index < -0.39 is 0 Å². The average molecular weight is 313 g/mol. The van der Waals surface area contributed by atoms with E-state index in [2.05, 4.69) is 0 Å². The van der Waals surface area contributed by atoms with E-state index >= 15 is 0 Å². The van der Waals surface area contributed by atoms with Gasteiger partial charge in [0.2, 0.25) is 5.91 Å². The maximum atomic E-state index is 12.3. The van der Waals surface area contributed by atoms with Gasteiger partial charge in [-0.3, -0.25) is 4.79 Å². The van der Waals surface area contributed by atoms with E-state index in [0.29, 0.717) is 37.7 Å². The Bertz CT molecular complexity index is 672. The number of benzene rings is 2. The molecule has 0 bridgehead atoms. The van der Waals surface area contributed by atoms with Gasteiger partial charge in [-0.15, -0.1) is 0 Å². The number of hydrogen-bond acceptors (Lipinski definition) is 4. The quantitative estimate of drug-likeness (QED) is 0.851. The summed E-state index contributed by atoms with van der Waals surface area (Å²) in [7, 11) is 1.75. The molecule has 0 saturated heterocycles. The molecule has 120 valence electrons. The van der Waals surface area contributed by atoms with Gasteiger partial charge in [0.1, 0.15) is 19.0 Å². The zero-order chi connectivity index (χ0) is 16.1. The lowest BCUT2D eigenvalue weighted by atomic mass is 10.2. The second-order valence-corrected chi connectivity index (χ2v) is 5.19. The van der Waals surface area contributed by atoms with Gasteiger partial charge in [0, 0.05) is 18.8 Å². The van der Waals surface area contributed by atoms with Crippen LogP contribution in [0.3, 0.4) is 0 Å². The van der Waals surface area contributed by atoms with Gasteiger partial charge in [0.15, 0.2) is 11.5 Å². The van der Waals surface area contributed by atoms with Crippen LogP contribution in [-0.4, -0.2) is 32.8 Å². The zero-order valence-electron chi connectivity index (χ0n) is 13.0. The molecule has 5 nitrogen and oxygen atoms in total. The fourth-order valence-corrected chi connectivity index (χ4v) is 2.33. The summed E-state index contributed by atoms with van der Waals surface area (Å²) in [5, 5.41) is 0. The standard InChI is InChI=1S/C18H19NO4/c1-19(14-7-8-16-17(13-14)23-12-11-22-16)18(20)9-10-21-15-5-3-2-4-6-15/h2-8,13H,9-12H2,1H3. The number of amides is 1. The number of ether oxygens (including phenoxy) is 3. The van der Waals surface area contributed by atoms with E-state index in [1.54, 1.807) is 11.9 Å². The molecule has 0 saturated carbocycles. The van der Waals surface area contributed by atoms with Gasteiger partial charge < -0.3 is 19.1 Å². The summed E-state index contributed by atoms with van der Waals surface area (Å²) in [4.78, 5) is 13.9. The number of hydrogen-bond donors (Lipinski definition) is 0. The average Bonchev–Trinajstić information content (AvgIpc) is 2.61. The Balaban J connectivity index is 1.56. The Morgan fingerprint density at radius 2 is 1.83 bits per heavy atom. The molecule has 1 aliphatic rings. The van der Waals surface area contributed by atoms with Gasteiger partial charge in [-0.05, 0) is 24.3 Å². The van der Waals surface area contributed by atoms with E-state index in [0.717, 1.165) is 11.4 Å². The molecule has 3 rings (SSSR count). The highest BCUT2D eigenvalue weighted by atomic mass is 16.6. The minimum Gasteiger partial charge on any atom is -0.493 e. The number of carbonyl (C=O) groups excluding carboxylic acids is 1. The number of para-hydroxylation sites is 1. The molecular formula is C18H19NO4. The van der Waals surface area contributed by atoms with Gasteiger partial charge in [-0.2, -0.15) is 0 Å². The van der Waals surface area contributed by atoms with Crippen molar-refractivity contribution >= 4 is 11.6 Å². The smallest absolute Gasteiger partial charge is 0.230 e. The monoisotopic (exact) mass is 313 g/mol. The van der Waals surface area contributed by atoms with Crippen molar-refractivity contribution in [1.29, 1.82) is 0 Å². The van der Waals surface area contributed by atoms with Crippen molar-refractivity contribution in [1.82, 2.24) is 0 Å². The van der Waals surface area contributed by atoms with Crippen LogP contribution < -0.4 is 19.1 Å². The summed E-state index contributed by atoms with van der Waals surface area (Å²) in [6, 6.07) is 15.0. The Hall–Kier alpha value is -2.69. The van der Waals surface area contributed by atoms with E-state index in [-0.39, 0.29) is 5.91 Å². The largest absolute Gasteiger partial charge is 0.493 e. The molecule has 0 unspecified atom stereocenters. The van der Waals surface area contributed by atoms with Crippen LogP contribution in [0.4, 0.5) is 5.69 Å². The lowest BCUT2D eigenvalue weighted by Gasteiger charge is -2.22. The first-order valence-electron chi connectivity index (χ1n) is 7.58. The maximum Gasteiger partial charge on any atom is 0.230 e. The van der Waals surface area contributed by atoms with Gasteiger partial charge in [0.25, 0.3) is 0 Å². The van der Waals surface area contributed by atoms with Crippen LogP contribution in [0.1, 0.15) is 6.42 Å². The molecule has 1 amide bonds. The number of anilines is 1. The first-order valence-corrected chi connectivity index (χ1v) is 7.58. The molecule has 23 heavy (non-hydrogen) atoms. The highest BCUT2D eigenvalue weighted by molar-refractivity contribution is 5.93. The van der Waals surface area contributed by atoms with Crippen molar-refractivity contribution in [2.24, 2.45) is 0 Å². The number of fused-ring (bicyclic) bond motifs is 1. The highest BCUT2D eigenvalue weighted by Gasteiger charge is 2.16. The lowest BCUT2D eigenvalue weighted by molar-refractivity contribution is -0.118. The second kappa shape index (κ2) is 7.05. The van der Waals surface area contributed by atoms with E-state index in [4.69, 9.17) is 14.2 Å². The van der Waals surface area contributed by atoms with Crippen molar-refractivity contribution in [3.63, 3.8) is 0 Å². The second-order valence-electron chi connectivity index (χ2n) is 5.19. The van der Waals surface area contributed by atoms with Crippen LogP contribution in [0.2, 0.25) is 0 Å². The van der Waals surface area contributed by atoms with Crippen molar-refractivity contribution in [2.45, 2.75) is 6.42 Å². The molecule has 5 heteroatoms. The van der Waals surface area contributed by atoms with Crippen molar-refractivity contribution in [3.8, 4) is 17.2 Å². The number of carbonyl (C=O) groups is 1. The van der Waals surface area contributed by atoms with E-state index in [1.807, 2.05) is 48.5 Å². The molecule has 1 aliphatic heterocycles. The third kappa shape index (κ3) is 3.74. The fourth-order valence-electron chi connectivity index (χ4n) is 2.33. The summed E-state index contributed by atoms with van der Waals surface area (Å²) in [5.74, 6) is 2.14. The summed E-state index contributed by atoms with van der Waals surface area (Å²) < 4.78 is 16.6. The Morgan fingerprint density at radius 1 is 1.09 bits per heavy atom. The summed E-state index contributed by atoms with van der Waals surface area (Å²) in [6.07, 6.45) is 0.305. The zero-order valence-corrected chi connectivity index (χ0v) is 13.0. The molecule has 2 aromatic rings. The van der Waals surface area contributed by atoms with Gasteiger partial charge in [-0.25, -0.2) is 0 Å². The van der Waals surface area contributed by atoms with Crippen LogP contribution in [-0.2, 0) is 4.79 Å². The van der Waals surface area contributed by atoms with Crippen molar-refractivity contribution in [2.75, 3.05) is 31.8 Å². The molecule has 1 heterocycles. The summed E-state index contributed by atoms with van der Waals surface area (Å²) >= 11 is 0. The molecular weight excluding hydrogens is 294 g/mol. The lowest BCUT2D eigenvalue weighted by Crippen LogP contribution is -2.27. The first kappa shape index (κ1) is 15.2. The normalized spacial score (nSPS) is 12.6. The summed E-state index contributed by atoms with van der Waals surface area (Å²) in [5.41, 5.74) is 0.777. The Labute approximate surface area is 135 Å². The van der Waals surface area contributed by atoms with Crippen LogP contribution in [0.15, 0.2) is 48.5 Å². The maximum absolute atomic E-state index is 12.3. The SMILES string of the molecule is CN(C(=O)CCOc1ccccc1)c1ccc2c(c1)OCCO2. The van der Waals surface area contributed by atoms with Crippen LogP contribution in [0.25, 0.3) is 0 Å². The topological polar surface area (TPSA) is 48.0 Å². The molecule has 0 radical (unpaired) electrons. The fraction of sp³-hybridized carbons (Fsp3) is 0.278. The van der Waals surface area contributed by atoms with Crippen LogP contribution in [0, 0.1) is 0 Å². The molecule has 0 fully saturated rings. The molecule has 0 atom stereocenters.